The number of rotatable bonds is 2. The Balaban J connectivity index is 2.35. The minimum Gasteiger partial charge on any atom is -0.458 e. The van der Waals surface area contributed by atoms with Crippen LogP contribution in [0, 0.1) is 29.3 Å². The third kappa shape index (κ3) is 2.23. The molecule has 0 N–H and O–H groups in total. The molecule has 107 valence electrons. The van der Waals surface area contributed by atoms with Crippen molar-refractivity contribution in [2.45, 2.75) is 60.8 Å². The molecule has 0 aliphatic heterocycles. The van der Waals surface area contributed by atoms with E-state index in [0.29, 0.717) is 11.8 Å². The van der Waals surface area contributed by atoms with Gasteiger partial charge in [0.25, 0.3) is 0 Å². The summed E-state index contributed by atoms with van der Waals surface area (Å²) in [5, 5.41) is 0. The van der Waals surface area contributed by atoms with Crippen LogP contribution in [0.3, 0.4) is 0 Å². The van der Waals surface area contributed by atoms with Gasteiger partial charge in [0.2, 0.25) is 0 Å². The predicted octanol–water partition coefficient (Wildman–Crippen LogP) is 4.51. The Morgan fingerprint density at radius 3 is 2.47 bits per heavy atom. The summed E-state index contributed by atoms with van der Waals surface area (Å²) < 4.78 is 5.19. The Kier molecular flexibility index (Phi) is 3.57. The SMILES string of the molecule is CC(=O)O[CH]C1CCCC2=C1C(C)(C)C(C)C2(C)C. The lowest BCUT2D eigenvalue weighted by atomic mass is 9.68. The molecule has 0 saturated carbocycles. The van der Waals surface area contributed by atoms with Crippen molar-refractivity contribution in [3.63, 3.8) is 0 Å². The van der Waals surface area contributed by atoms with Gasteiger partial charge < -0.3 is 4.74 Å². The number of hydrogen-bond donors (Lipinski definition) is 0. The van der Waals surface area contributed by atoms with Crippen molar-refractivity contribution in [3.05, 3.63) is 17.8 Å². The van der Waals surface area contributed by atoms with Crippen molar-refractivity contribution < 1.29 is 9.53 Å². The van der Waals surface area contributed by atoms with E-state index in [0.717, 1.165) is 6.42 Å². The molecule has 0 fully saturated rings. The summed E-state index contributed by atoms with van der Waals surface area (Å²) in [6, 6.07) is 0. The monoisotopic (exact) mass is 263 g/mol. The van der Waals surface area contributed by atoms with Gasteiger partial charge >= 0.3 is 5.97 Å². The van der Waals surface area contributed by atoms with Gasteiger partial charge in [0.15, 0.2) is 0 Å². The van der Waals surface area contributed by atoms with Gasteiger partial charge in [-0.05, 0) is 36.0 Å². The van der Waals surface area contributed by atoms with E-state index < -0.39 is 0 Å². The molecule has 19 heavy (non-hydrogen) atoms. The van der Waals surface area contributed by atoms with Gasteiger partial charge in [-0.25, -0.2) is 0 Å². The molecule has 0 bridgehead atoms. The van der Waals surface area contributed by atoms with Crippen LogP contribution in [0.25, 0.3) is 0 Å². The minimum atomic E-state index is -0.212. The van der Waals surface area contributed by atoms with Crippen molar-refractivity contribution in [2.75, 3.05) is 0 Å². The number of allylic oxidation sites excluding steroid dienone is 1. The topological polar surface area (TPSA) is 26.3 Å². The fourth-order valence-corrected chi connectivity index (χ4v) is 4.25. The smallest absolute Gasteiger partial charge is 0.303 e. The molecule has 0 spiro atoms. The average Bonchev–Trinajstić information content (AvgIpc) is 2.47. The molecule has 2 heteroatoms. The van der Waals surface area contributed by atoms with Crippen molar-refractivity contribution in [2.24, 2.45) is 22.7 Å². The number of ether oxygens (including phenoxy) is 1. The summed E-state index contributed by atoms with van der Waals surface area (Å²) in [6.07, 6.45) is 3.52. The van der Waals surface area contributed by atoms with E-state index in [4.69, 9.17) is 4.74 Å². The Morgan fingerprint density at radius 1 is 1.26 bits per heavy atom. The molecule has 2 rings (SSSR count). The molecule has 2 aliphatic carbocycles. The molecule has 0 aromatic rings. The first-order chi connectivity index (χ1) is 8.69. The van der Waals surface area contributed by atoms with E-state index in [9.17, 15) is 4.79 Å². The van der Waals surface area contributed by atoms with E-state index in [1.807, 2.05) is 0 Å². The van der Waals surface area contributed by atoms with Crippen molar-refractivity contribution in [1.82, 2.24) is 0 Å². The van der Waals surface area contributed by atoms with Gasteiger partial charge in [0, 0.05) is 12.8 Å². The number of hydrogen-bond acceptors (Lipinski definition) is 2. The van der Waals surface area contributed by atoms with Crippen LogP contribution in [0.2, 0.25) is 0 Å². The highest BCUT2D eigenvalue weighted by molar-refractivity contribution is 5.66. The molecule has 0 amide bonds. The van der Waals surface area contributed by atoms with Crippen LogP contribution in [0.1, 0.15) is 60.8 Å². The van der Waals surface area contributed by atoms with Crippen LogP contribution in [-0.2, 0) is 9.53 Å². The van der Waals surface area contributed by atoms with E-state index >= 15 is 0 Å². The number of carbonyl (C=O) groups excluding carboxylic acids is 1. The third-order valence-electron chi connectivity index (χ3n) is 5.67. The fraction of sp³-hybridized carbons (Fsp3) is 0.765. The second-order valence-electron chi connectivity index (χ2n) is 7.30. The zero-order valence-corrected chi connectivity index (χ0v) is 13.2. The van der Waals surface area contributed by atoms with Crippen LogP contribution in [0.15, 0.2) is 11.1 Å². The lowest BCUT2D eigenvalue weighted by Gasteiger charge is -2.36. The molecule has 0 aromatic heterocycles. The first kappa shape index (κ1) is 14.6. The average molecular weight is 263 g/mol. The van der Waals surface area contributed by atoms with Crippen LogP contribution >= 0.6 is 0 Å². The quantitative estimate of drug-likeness (QED) is 0.541. The Hall–Kier alpha value is -0.790. The summed E-state index contributed by atoms with van der Waals surface area (Å²) in [5.41, 5.74) is 3.62. The lowest BCUT2D eigenvalue weighted by Crippen LogP contribution is -2.29. The second kappa shape index (κ2) is 4.64. The first-order valence-electron chi connectivity index (χ1n) is 7.43. The van der Waals surface area contributed by atoms with E-state index in [-0.39, 0.29) is 16.8 Å². The molecule has 2 nitrogen and oxygen atoms in total. The van der Waals surface area contributed by atoms with Crippen molar-refractivity contribution in [3.8, 4) is 0 Å². The Bertz CT molecular complexity index is 415. The normalized spacial score (nSPS) is 32.1. The Morgan fingerprint density at radius 2 is 1.89 bits per heavy atom. The minimum absolute atomic E-state index is 0.195. The van der Waals surface area contributed by atoms with Crippen LogP contribution < -0.4 is 0 Å². The summed E-state index contributed by atoms with van der Waals surface area (Å²) in [7, 11) is 0. The van der Waals surface area contributed by atoms with Gasteiger partial charge in [-0.2, -0.15) is 0 Å². The summed E-state index contributed by atoms with van der Waals surface area (Å²) in [4.78, 5) is 11.1. The standard InChI is InChI=1S/C17H27O2/c1-11-16(3,4)14-9-7-8-13(10-19-12(2)18)15(14)17(11,5)6/h10-11,13H,7-9H2,1-6H3. The summed E-state index contributed by atoms with van der Waals surface area (Å²) >= 11 is 0. The van der Waals surface area contributed by atoms with Crippen molar-refractivity contribution in [1.29, 1.82) is 0 Å². The molecular formula is C17H27O2. The zero-order valence-electron chi connectivity index (χ0n) is 13.2. The van der Waals surface area contributed by atoms with Crippen LogP contribution in [-0.4, -0.2) is 5.97 Å². The van der Waals surface area contributed by atoms with Gasteiger partial charge in [0.1, 0.15) is 6.61 Å². The maximum absolute atomic E-state index is 11.1. The summed E-state index contributed by atoms with van der Waals surface area (Å²) in [6.45, 7) is 15.1. The highest BCUT2D eigenvalue weighted by Gasteiger charge is 2.52. The highest BCUT2D eigenvalue weighted by Crippen LogP contribution is 2.62. The molecule has 2 aliphatic rings. The first-order valence-corrected chi connectivity index (χ1v) is 7.43. The maximum Gasteiger partial charge on any atom is 0.303 e. The molecule has 0 heterocycles. The predicted molar refractivity (Wildman–Crippen MR) is 77.2 cm³/mol. The largest absolute Gasteiger partial charge is 0.458 e. The van der Waals surface area contributed by atoms with Crippen LogP contribution in [0.4, 0.5) is 0 Å². The van der Waals surface area contributed by atoms with Gasteiger partial charge in [0.05, 0.1) is 0 Å². The van der Waals surface area contributed by atoms with E-state index in [1.165, 1.54) is 25.3 Å². The maximum atomic E-state index is 11.1. The van der Waals surface area contributed by atoms with Gasteiger partial charge in [-0.3, -0.25) is 4.79 Å². The molecule has 0 aromatic carbocycles. The van der Waals surface area contributed by atoms with E-state index in [1.54, 1.807) is 12.2 Å². The molecule has 0 saturated heterocycles. The molecular weight excluding hydrogens is 236 g/mol. The highest BCUT2D eigenvalue weighted by atomic mass is 16.5. The number of esters is 1. The van der Waals surface area contributed by atoms with Gasteiger partial charge in [-0.1, -0.05) is 45.8 Å². The van der Waals surface area contributed by atoms with Crippen molar-refractivity contribution >= 4 is 5.97 Å². The third-order valence-corrected chi connectivity index (χ3v) is 5.67. The summed E-state index contributed by atoms with van der Waals surface area (Å²) in [5.74, 6) is 0.721. The molecule has 2 unspecified atom stereocenters. The van der Waals surface area contributed by atoms with Crippen LogP contribution in [0.5, 0.6) is 0 Å². The lowest BCUT2D eigenvalue weighted by molar-refractivity contribution is -0.138. The Labute approximate surface area is 117 Å². The van der Waals surface area contributed by atoms with E-state index in [2.05, 4.69) is 34.6 Å². The number of carbonyl (C=O) groups is 1. The fourth-order valence-electron chi connectivity index (χ4n) is 4.25. The molecule has 1 radical (unpaired) electrons. The molecule has 2 atom stereocenters. The zero-order chi connectivity index (χ0) is 14.4. The van der Waals surface area contributed by atoms with Gasteiger partial charge in [-0.15, -0.1) is 0 Å². The second-order valence-corrected chi connectivity index (χ2v) is 7.30.